The number of hydrogen-bond acceptors (Lipinski definition) is 5. The number of non-ortho nitro benzene ring substituents is 1. The molecule has 1 N–H and O–H groups in total. The zero-order chi connectivity index (χ0) is 14.0. The van der Waals surface area contributed by atoms with Crippen LogP contribution in [-0.4, -0.2) is 30.0 Å². The van der Waals surface area contributed by atoms with Crippen LogP contribution in [0.5, 0.6) is 0 Å². The Bertz CT molecular complexity index is 493. The van der Waals surface area contributed by atoms with Gasteiger partial charge in [0.05, 0.1) is 23.3 Å². The van der Waals surface area contributed by atoms with E-state index in [4.69, 9.17) is 9.47 Å². The molecule has 2 rings (SSSR count). The average Bonchev–Trinajstić information content (AvgIpc) is 2.67. The van der Waals surface area contributed by atoms with Gasteiger partial charge in [-0.2, -0.15) is 0 Å². The third-order valence-electron chi connectivity index (χ3n) is 2.75. The number of rotatable bonds is 4. The van der Waals surface area contributed by atoms with Crippen LogP contribution in [0.1, 0.15) is 13.8 Å². The Kier molecular flexibility index (Phi) is 3.68. The predicted octanol–water partition coefficient (Wildman–Crippen LogP) is 2.30. The maximum absolute atomic E-state index is 13.6. The van der Waals surface area contributed by atoms with Crippen LogP contribution < -0.4 is 5.32 Å². The fourth-order valence-corrected chi connectivity index (χ4v) is 1.85. The largest absolute Gasteiger partial charge is 0.380 e. The van der Waals surface area contributed by atoms with Crippen LogP contribution >= 0.6 is 0 Å². The number of halogens is 1. The van der Waals surface area contributed by atoms with Gasteiger partial charge in [-0.15, -0.1) is 0 Å². The van der Waals surface area contributed by atoms with Crippen LogP contribution in [0, 0.1) is 15.9 Å². The lowest BCUT2D eigenvalue weighted by Gasteiger charge is -2.17. The molecule has 19 heavy (non-hydrogen) atoms. The maximum atomic E-state index is 13.6. The van der Waals surface area contributed by atoms with Crippen molar-refractivity contribution in [2.75, 3.05) is 18.5 Å². The summed E-state index contributed by atoms with van der Waals surface area (Å²) in [5.41, 5.74) is -0.0662. The van der Waals surface area contributed by atoms with Crippen LogP contribution in [0.15, 0.2) is 18.2 Å². The van der Waals surface area contributed by atoms with Gasteiger partial charge in [-0.05, 0) is 19.9 Å². The van der Waals surface area contributed by atoms with Gasteiger partial charge in [0.1, 0.15) is 6.10 Å². The van der Waals surface area contributed by atoms with Crippen LogP contribution in [0.2, 0.25) is 0 Å². The molecule has 0 aromatic heterocycles. The number of nitro benzene ring substituents is 1. The topological polar surface area (TPSA) is 73.6 Å². The maximum Gasteiger partial charge on any atom is 0.272 e. The van der Waals surface area contributed by atoms with Gasteiger partial charge in [0.15, 0.2) is 11.6 Å². The molecule has 1 aromatic carbocycles. The summed E-state index contributed by atoms with van der Waals surface area (Å²) in [4.78, 5) is 9.85. The number of anilines is 1. The van der Waals surface area contributed by atoms with E-state index in [1.165, 1.54) is 12.1 Å². The SMILES string of the molecule is CC1(C)OC[C@@H](CNc2ccc([N+](=O)[O-])cc2F)O1. The van der Waals surface area contributed by atoms with Crippen molar-refractivity contribution in [1.29, 1.82) is 0 Å². The first-order valence-electron chi connectivity index (χ1n) is 5.87. The molecular weight excluding hydrogens is 255 g/mol. The second kappa shape index (κ2) is 5.10. The summed E-state index contributed by atoms with van der Waals surface area (Å²) < 4.78 is 24.5. The first kappa shape index (κ1) is 13.7. The normalized spacial score (nSPS) is 21.3. The summed E-state index contributed by atoms with van der Waals surface area (Å²) in [5.74, 6) is -1.28. The Hall–Kier alpha value is -1.73. The highest BCUT2D eigenvalue weighted by molar-refractivity contribution is 5.50. The van der Waals surface area contributed by atoms with Crippen molar-refractivity contribution in [3.8, 4) is 0 Å². The van der Waals surface area contributed by atoms with E-state index in [0.29, 0.717) is 13.2 Å². The molecular formula is C12H15FN2O4. The molecule has 1 saturated heterocycles. The zero-order valence-corrected chi connectivity index (χ0v) is 10.7. The number of nitro groups is 1. The van der Waals surface area contributed by atoms with Gasteiger partial charge in [0.25, 0.3) is 5.69 Å². The van der Waals surface area contributed by atoms with Gasteiger partial charge in [0.2, 0.25) is 0 Å². The molecule has 1 atom stereocenters. The molecule has 0 aliphatic carbocycles. The molecule has 0 amide bonds. The molecule has 0 unspecified atom stereocenters. The quantitative estimate of drug-likeness (QED) is 0.671. The fraction of sp³-hybridized carbons (Fsp3) is 0.500. The number of nitrogens with one attached hydrogen (secondary N) is 1. The summed E-state index contributed by atoms with van der Waals surface area (Å²) in [6, 6.07) is 3.48. The molecule has 1 heterocycles. The first-order valence-corrected chi connectivity index (χ1v) is 5.87. The van der Waals surface area contributed by atoms with Crippen molar-refractivity contribution in [3.63, 3.8) is 0 Å². The van der Waals surface area contributed by atoms with Gasteiger partial charge in [-0.3, -0.25) is 10.1 Å². The molecule has 0 radical (unpaired) electrons. The number of nitrogens with zero attached hydrogens (tertiary/aromatic N) is 1. The van der Waals surface area contributed by atoms with Crippen LogP contribution in [-0.2, 0) is 9.47 Å². The minimum absolute atomic E-state index is 0.176. The molecule has 1 aromatic rings. The van der Waals surface area contributed by atoms with E-state index in [2.05, 4.69) is 5.32 Å². The molecule has 0 saturated carbocycles. The monoisotopic (exact) mass is 270 g/mol. The van der Waals surface area contributed by atoms with Crippen molar-refractivity contribution in [1.82, 2.24) is 0 Å². The second-order valence-electron chi connectivity index (χ2n) is 4.75. The average molecular weight is 270 g/mol. The Morgan fingerprint density at radius 1 is 1.58 bits per heavy atom. The Balaban J connectivity index is 1.95. The van der Waals surface area contributed by atoms with E-state index in [1.54, 1.807) is 13.8 Å². The third kappa shape index (κ3) is 3.39. The van der Waals surface area contributed by atoms with Crippen molar-refractivity contribution in [3.05, 3.63) is 34.1 Å². The predicted molar refractivity (Wildman–Crippen MR) is 66.4 cm³/mol. The highest BCUT2D eigenvalue weighted by Gasteiger charge is 2.32. The van der Waals surface area contributed by atoms with Gasteiger partial charge in [0, 0.05) is 12.6 Å². The smallest absolute Gasteiger partial charge is 0.272 e. The molecule has 6 nitrogen and oxygen atoms in total. The summed E-state index contributed by atoms with van der Waals surface area (Å²) in [5, 5.41) is 13.3. The summed E-state index contributed by atoms with van der Waals surface area (Å²) in [7, 11) is 0. The molecule has 7 heteroatoms. The Morgan fingerprint density at radius 3 is 2.84 bits per heavy atom. The highest BCUT2D eigenvalue weighted by Crippen LogP contribution is 2.24. The fourth-order valence-electron chi connectivity index (χ4n) is 1.85. The van der Waals surface area contributed by atoms with E-state index < -0.39 is 16.5 Å². The zero-order valence-electron chi connectivity index (χ0n) is 10.7. The third-order valence-corrected chi connectivity index (χ3v) is 2.75. The summed E-state index contributed by atoms with van der Waals surface area (Å²) in [6.45, 7) is 4.41. The van der Waals surface area contributed by atoms with Crippen LogP contribution in [0.3, 0.4) is 0 Å². The van der Waals surface area contributed by atoms with Gasteiger partial charge in [-0.25, -0.2) is 4.39 Å². The summed E-state index contributed by atoms with van der Waals surface area (Å²) in [6.07, 6.45) is -0.176. The molecule has 0 spiro atoms. The van der Waals surface area contributed by atoms with E-state index >= 15 is 0 Å². The summed E-state index contributed by atoms with van der Waals surface area (Å²) >= 11 is 0. The first-order chi connectivity index (χ1) is 8.87. The van der Waals surface area contributed by atoms with E-state index in [1.807, 2.05) is 0 Å². The number of hydrogen-bond donors (Lipinski definition) is 1. The van der Waals surface area contributed by atoms with Crippen LogP contribution in [0.4, 0.5) is 15.8 Å². The lowest BCUT2D eigenvalue weighted by Crippen LogP contribution is -2.26. The lowest BCUT2D eigenvalue weighted by molar-refractivity contribution is -0.385. The molecule has 1 fully saturated rings. The minimum atomic E-state index is -0.660. The van der Waals surface area contributed by atoms with Crippen LogP contribution in [0.25, 0.3) is 0 Å². The highest BCUT2D eigenvalue weighted by atomic mass is 19.1. The van der Waals surface area contributed by atoms with Crippen molar-refractivity contribution in [2.24, 2.45) is 0 Å². The lowest BCUT2D eigenvalue weighted by atomic mass is 10.2. The minimum Gasteiger partial charge on any atom is -0.380 e. The van der Waals surface area contributed by atoms with Crippen molar-refractivity contribution < 1.29 is 18.8 Å². The Morgan fingerprint density at radius 2 is 2.32 bits per heavy atom. The van der Waals surface area contributed by atoms with Gasteiger partial charge < -0.3 is 14.8 Å². The van der Waals surface area contributed by atoms with E-state index in [9.17, 15) is 14.5 Å². The van der Waals surface area contributed by atoms with Gasteiger partial charge in [-0.1, -0.05) is 0 Å². The number of ether oxygens (including phenoxy) is 2. The van der Waals surface area contributed by atoms with Crippen molar-refractivity contribution >= 4 is 11.4 Å². The number of benzene rings is 1. The van der Waals surface area contributed by atoms with E-state index in [-0.39, 0.29) is 17.5 Å². The molecule has 1 aliphatic heterocycles. The second-order valence-corrected chi connectivity index (χ2v) is 4.75. The Labute approximate surface area is 109 Å². The standard InChI is InChI=1S/C12H15FN2O4/c1-12(2)18-7-9(19-12)6-14-11-4-3-8(15(16)17)5-10(11)13/h3-5,9,14H,6-7H2,1-2H3/t9-/m1/s1. The van der Waals surface area contributed by atoms with Gasteiger partial charge >= 0.3 is 0 Å². The van der Waals surface area contributed by atoms with Crippen molar-refractivity contribution in [2.45, 2.75) is 25.7 Å². The molecule has 104 valence electrons. The van der Waals surface area contributed by atoms with E-state index in [0.717, 1.165) is 6.07 Å². The molecule has 0 bridgehead atoms. The molecule has 1 aliphatic rings.